The van der Waals surface area contributed by atoms with Gasteiger partial charge in [0, 0.05) is 13.1 Å². The van der Waals surface area contributed by atoms with Gasteiger partial charge in [0.05, 0.1) is 11.9 Å². The van der Waals surface area contributed by atoms with E-state index in [1.54, 1.807) is 6.20 Å². The molecule has 0 atom stereocenters. The van der Waals surface area contributed by atoms with Crippen LogP contribution in [-0.4, -0.2) is 15.8 Å². The van der Waals surface area contributed by atoms with Crippen molar-refractivity contribution in [2.24, 2.45) is 0 Å². The van der Waals surface area contributed by atoms with Crippen molar-refractivity contribution in [2.45, 2.75) is 26.7 Å². The van der Waals surface area contributed by atoms with Crippen molar-refractivity contribution < 1.29 is 4.79 Å². The third-order valence-corrected chi connectivity index (χ3v) is 1.62. The fraction of sp³-hybridized carbons (Fsp3) is 0.444. The minimum absolute atomic E-state index is 0.0437. The van der Waals surface area contributed by atoms with Gasteiger partial charge in [-0.2, -0.15) is 0 Å². The molecule has 0 aliphatic carbocycles. The van der Waals surface area contributed by atoms with Gasteiger partial charge in [-0.15, -0.1) is 0 Å². The van der Waals surface area contributed by atoms with Gasteiger partial charge in [-0.05, 0) is 5.92 Å². The summed E-state index contributed by atoms with van der Waals surface area (Å²) in [5, 5.41) is 0. The van der Waals surface area contributed by atoms with Gasteiger partial charge in [0.25, 0.3) is 0 Å². The van der Waals surface area contributed by atoms with E-state index >= 15 is 0 Å². The second-order valence-corrected chi connectivity index (χ2v) is 3.04. The summed E-state index contributed by atoms with van der Waals surface area (Å²) in [7, 11) is 0. The Morgan fingerprint density at radius 3 is 2.33 bits per heavy atom. The topological polar surface area (TPSA) is 42.9 Å². The lowest BCUT2D eigenvalue weighted by atomic mass is 10.1. The Kier molecular flexibility index (Phi) is 2.53. The highest BCUT2D eigenvalue weighted by Gasteiger charge is 2.03. The van der Waals surface area contributed by atoms with Crippen LogP contribution >= 0.6 is 0 Å². The van der Waals surface area contributed by atoms with Gasteiger partial charge in [-0.25, -0.2) is 4.98 Å². The molecule has 0 fully saturated rings. The van der Waals surface area contributed by atoms with E-state index < -0.39 is 0 Å². The van der Waals surface area contributed by atoms with Gasteiger partial charge in [0.1, 0.15) is 5.69 Å². The number of rotatable bonds is 2. The largest absolute Gasteiger partial charge is 0.293 e. The van der Waals surface area contributed by atoms with Gasteiger partial charge < -0.3 is 0 Å². The molecule has 3 heteroatoms. The number of hydrogen-bond donors (Lipinski definition) is 0. The molecule has 0 radical (unpaired) electrons. The van der Waals surface area contributed by atoms with Crippen LogP contribution in [0.15, 0.2) is 12.4 Å². The second-order valence-electron chi connectivity index (χ2n) is 3.04. The molecule has 0 saturated carbocycles. The molecule has 0 bridgehead atoms. The van der Waals surface area contributed by atoms with E-state index in [1.807, 2.05) is 13.8 Å². The van der Waals surface area contributed by atoms with Gasteiger partial charge >= 0.3 is 0 Å². The Morgan fingerprint density at radius 2 is 2.00 bits per heavy atom. The first-order chi connectivity index (χ1) is 5.61. The lowest BCUT2D eigenvalue weighted by Crippen LogP contribution is -2.00. The van der Waals surface area contributed by atoms with Crippen LogP contribution in [0.4, 0.5) is 0 Å². The van der Waals surface area contributed by atoms with Crippen LogP contribution in [-0.2, 0) is 0 Å². The fourth-order valence-electron chi connectivity index (χ4n) is 0.818. The minimum Gasteiger partial charge on any atom is -0.293 e. The first-order valence-corrected chi connectivity index (χ1v) is 3.94. The summed E-state index contributed by atoms with van der Waals surface area (Å²) in [5.41, 5.74) is 1.35. The fourth-order valence-corrected chi connectivity index (χ4v) is 0.818. The van der Waals surface area contributed by atoms with E-state index in [-0.39, 0.29) is 5.78 Å². The molecule has 0 saturated heterocycles. The standard InChI is InChI=1S/C9H12N2O/c1-6(2)8-4-11-9(5-10-8)7(3)12/h4-6H,1-3H3. The molecule has 0 aliphatic rings. The molecule has 0 spiro atoms. The first kappa shape index (κ1) is 8.84. The summed E-state index contributed by atoms with van der Waals surface area (Å²) in [6.07, 6.45) is 3.18. The molecular weight excluding hydrogens is 152 g/mol. The lowest BCUT2D eigenvalue weighted by molar-refractivity contribution is 0.101. The van der Waals surface area contributed by atoms with E-state index in [9.17, 15) is 4.79 Å². The number of carbonyl (C=O) groups is 1. The van der Waals surface area contributed by atoms with E-state index in [1.165, 1.54) is 13.1 Å². The van der Waals surface area contributed by atoms with Crippen LogP contribution in [0.3, 0.4) is 0 Å². The van der Waals surface area contributed by atoms with Gasteiger partial charge in [0.2, 0.25) is 0 Å². The maximum atomic E-state index is 10.8. The highest BCUT2D eigenvalue weighted by Crippen LogP contribution is 2.08. The Hall–Kier alpha value is -1.25. The average molecular weight is 164 g/mol. The SMILES string of the molecule is CC(=O)c1cnc(C(C)C)cn1. The van der Waals surface area contributed by atoms with Crippen molar-refractivity contribution in [3.63, 3.8) is 0 Å². The zero-order valence-corrected chi connectivity index (χ0v) is 7.53. The predicted molar refractivity (Wildman–Crippen MR) is 46.1 cm³/mol. The van der Waals surface area contributed by atoms with Crippen LogP contribution in [0.5, 0.6) is 0 Å². The van der Waals surface area contributed by atoms with E-state index in [0.29, 0.717) is 11.6 Å². The van der Waals surface area contributed by atoms with E-state index in [0.717, 1.165) is 5.69 Å². The highest BCUT2D eigenvalue weighted by atomic mass is 16.1. The van der Waals surface area contributed by atoms with Crippen LogP contribution in [0.1, 0.15) is 42.9 Å². The molecule has 0 unspecified atom stereocenters. The summed E-state index contributed by atoms with van der Waals surface area (Å²) < 4.78 is 0. The maximum Gasteiger partial charge on any atom is 0.179 e. The first-order valence-electron chi connectivity index (χ1n) is 3.94. The van der Waals surface area contributed by atoms with Crippen molar-refractivity contribution in [3.05, 3.63) is 23.8 Å². The summed E-state index contributed by atoms with van der Waals surface area (Å²) in [6.45, 7) is 5.56. The van der Waals surface area contributed by atoms with Gasteiger partial charge in [0.15, 0.2) is 5.78 Å². The summed E-state index contributed by atoms with van der Waals surface area (Å²) in [5.74, 6) is 0.316. The minimum atomic E-state index is -0.0437. The van der Waals surface area contributed by atoms with Crippen LogP contribution in [0.2, 0.25) is 0 Å². The van der Waals surface area contributed by atoms with Crippen molar-refractivity contribution in [2.75, 3.05) is 0 Å². The van der Waals surface area contributed by atoms with E-state index in [4.69, 9.17) is 0 Å². The number of Topliss-reactive ketones (excluding diaryl/α,β-unsaturated/α-hetero) is 1. The zero-order valence-electron chi connectivity index (χ0n) is 7.53. The molecule has 1 heterocycles. The Bertz CT molecular complexity index is 277. The average Bonchev–Trinajstić information content (AvgIpc) is 2.04. The van der Waals surface area contributed by atoms with Crippen molar-refractivity contribution in [1.82, 2.24) is 9.97 Å². The molecule has 0 N–H and O–H groups in total. The summed E-state index contributed by atoms with van der Waals surface area (Å²) in [4.78, 5) is 18.9. The Labute approximate surface area is 71.9 Å². The van der Waals surface area contributed by atoms with Crippen molar-refractivity contribution in [1.29, 1.82) is 0 Å². The number of nitrogens with zero attached hydrogens (tertiary/aromatic N) is 2. The maximum absolute atomic E-state index is 10.8. The molecule has 64 valence electrons. The zero-order chi connectivity index (χ0) is 9.14. The molecule has 1 aromatic rings. The van der Waals surface area contributed by atoms with Crippen LogP contribution in [0.25, 0.3) is 0 Å². The molecule has 0 amide bonds. The number of aromatic nitrogens is 2. The van der Waals surface area contributed by atoms with Crippen LogP contribution < -0.4 is 0 Å². The normalized spacial score (nSPS) is 10.3. The van der Waals surface area contributed by atoms with Gasteiger partial charge in [-0.3, -0.25) is 9.78 Å². The van der Waals surface area contributed by atoms with Crippen molar-refractivity contribution in [3.8, 4) is 0 Å². The molecule has 0 aliphatic heterocycles. The molecule has 3 nitrogen and oxygen atoms in total. The lowest BCUT2D eigenvalue weighted by Gasteiger charge is -2.02. The third-order valence-electron chi connectivity index (χ3n) is 1.62. The second kappa shape index (κ2) is 3.43. The Balaban J connectivity index is 2.93. The van der Waals surface area contributed by atoms with Gasteiger partial charge in [-0.1, -0.05) is 13.8 Å². The third kappa shape index (κ3) is 1.87. The molecule has 1 aromatic heterocycles. The molecular formula is C9H12N2O. The molecule has 0 aromatic carbocycles. The van der Waals surface area contributed by atoms with Crippen LogP contribution in [0, 0.1) is 0 Å². The van der Waals surface area contributed by atoms with Crippen molar-refractivity contribution >= 4 is 5.78 Å². The highest BCUT2D eigenvalue weighted by molar-refractivity contribution is 5.91. The predicted octanol–water partition coefficient (Wildman–Crippen LogP) is 1.80. The number of ketones is 1. The van der Waals surface area contributed by atoms with E-state index in [2.05, 4.69) is 9.97 Å². The summed E-state index contributed by atoms with van der Waals surface area (Å²) >= 11 is 0. The number of carbonyl (C=O) groups excluding carboxylic acids is 1. The smallest absolute Gasteiger partial charge is 0.179 e. The monoisotopic (exact) mass is 164 g/mol. The molecule has 12 heavy (non-hydrogen) atoms. The molecule has 1 rings (SSSR count). The Morgan fingerprint density at radius 1 is 1.33 bits per heavy atom. The number of hydrogen-bond acceptors (Lipinski definition) is 3. The summed E-state index contributed by atoms with van der Waals surface area (Å²) in [6, 6.07) is 0. The quantitative estimate of drug-likeness (QED) is 0.626.